The molecule has 688 valence electrons. The van der Waals surface area contributed by atoms with Gasteiger partial charge in [-0.3, -0.25) is 89.1 Å². The Bertz CT molecular complexity index is 6700. The summed E-state index contributed by atoms with van der Waals surface area (Å²) in [6.45, 7) is 9.28. The normalized spacial score (nSPS) is 13.0. The van der Waals surface area contributed by atoms with Gasteiger partial charge in [0.25, 0.3) is 23.6 Å². The third-order valence-electron chi connectivity index (χ3n) is 22.3. The average molecular weight is 1810 g/mol. The first-order valence-electron chi connectivity index (χ1n) is 44.1. The number of likely N-dealkylation sites (tertiary alicyclic amines) is 1. The van der Waals surface area contributed by atoms with Crippen LogP contribution >= 0.6 is 0 Å². The first-order valence-corrected chi connectivity index (χ1v) is 44.1. The number of pyridine rings is 8. The first kappa shape index (κ1) is 92.4. The van der Waals surface area contributed by atoms with Gasteiger partial charge in [0, 0.05) is 141 Å². The fourth-order valence-corrected chi connectivity index (χ4v) is 15.2. The van der Waals surface area contributed by atoms with Crippen LogP contribution in [-0.4, -0.2) is 255 Å². The number of urea groups is 1. The molecule has 2 saturated heterocycles. The molecule has 0 radical (unpaired) electrons. The molecule has 36 nitrogen and oxygen atoms in total. The molecule has 0 spiro atoms. The molecule has 3 aliphatic rings. The molecular formula is C99H105N29O7. The van der Waals surface area contributed by atoms with Crippen LogP contribution in [0.3, 0.4) is 0 Å². The third-order valence-corrected chi connectivity index (χ3v) is 22.3. The predicted molar refractivity (Wildman–Crippen MR) is 523 cm³/mol. The van der Waals surface area contributed by atoms with Gasteiger partial charge in [0.1, 0.15) is 0 Å². The van der Waals surface area contributed by atoms with Crippen molar-refractivity contribution in [2.24, 2.45) is 5.92 Å². The minimum atomic E-state index is -0.337. The molecule has 36 heteroatoms. The second-order valence-corrected chi connectivity index (χ2v) is 34.5. The summed E-state index contributed by atoms with van der Waals surface area (Å²) in [5.74, 6) is -1.07. The Morgan fingerprint density at radius 2 is 0.689 bits per heavy atom. The second kappa shape index (κ2) is 42.6. The molecule has 0 bridgehead atoms. The number of morpholine rings is 1. The second-order valence-electron chi connectivity index (χ2n) is 34.5. The average Bonchev–Trinajstić information content (AvgIpc) is 1.68. The highest BCUT2D eigenvalue weighted by Gasteiger charge is 2.30. The highest BCUT2D eigenvalue weighted by atomic mass is 16.5. The fourth-order valence-electron chi connectivity index (χ4n) is 15.2. The van der Waals surface area contributed by atoms with E-state index in [1.807, 2.05) is 234 Å². The van der Waals surface area contributed by atoms with Gasteiger partial charge in [-0.15, -0.1) is 0 Å². The maximum absolute atomic E-state index is 13.0. The number of aromatic nitrogens is 16. The summed E-state index contributed by atoms with van der Waals surface area (Å²) in [4.78, 5) is 125. The zero-order valence-corrected chi connectivity index (χ0v) is 76.6. The van der Waals surface area contributed by atoms with Gasteiger partial charge < -0.3 is 66.0 Å². The van der Waals surface area contributed by atoms with E-state index in [1.54, 1.807) is 63.7 Å². The SMILES string of the molecule is CN(C)Cc1ccc(NC(=O)c2n[nH]c3ccc(-c4cncc(CN5CCC5)c4)cc23)cn1.CN(C)Cc1ccc(NC(=O)c2n[nH]c3ccc(-c4cncc(N5CCOCC5)c4)cc23)cn1.CN(C)Cc1ccc(NC(=O)c2n[nH]c3ccc(-c4cncc(NC(=O)C5CC5)c4)cc23)cn1.CN(C)Cc1ccc(NC(=O)c2n[nH]c3ccc(-c4cncc(NC(=O)N(C)C)c4)cc23)cn1. The Balaban J connectivity index is 0.000000131. The Hall–Kier alpha value is -15.9. The topological polar surface area (TPSA) is 424 Å². The summed E-state index contributed by atoms with van der Waals surface area (Å²) < 4.78 is 5.46. The van der Waals surface area contributed by atoms with Crippen molar-refractivity contribution >= 4 is 119 Å². The molecule has 10 N–H and O–H groups in total. The monoisotopic (exact) mass is 1810 g/mol. The van der Waals surface area contributed by atoms with Gasteiger partial charge in [-0.25, -0.2) is 4.79 Å². The van der Waals surface area contributed by atoms with E-state index >= 15 is 0 Å². The van der Waals surface area contributed by atoms with E-state index in [9.17, 15) is 28.8 Å². The van der Waals surface area contributed by atoms with Crippen molar-refractivity contribution in [2.75, 3.05) is 147 Å². The molecule has 0 atom stereocenters. The van der Waals surface area contributed by atoms with Gasteiger partial charge in [0.15, 0.2) is 22.8 Å². The van der Waals surface area contributed by atoms with Gasteiger partial charge >= 0.3 is 6.03 Å². The van der Waals surface area contributed by atoms with Gasteiger partial charge in [-0.1, -0.05) is 24.3 Å². The lowest BCUT2D eigenvalue weighted by Gasteiger charge is -2.30. The zero-order chi connectivity index (χ0) is 94.2. The molecule has 19 rings (SSSR count). The van der Waals surface area contributed by atoms with Gasteiger partial charge in [0.05, 0.1) is 141 Å². The van der Waals surface area contributed by atoms with Crippen LogP contribution in [0.4, 0.5) is 44.6 Å². The molecular weight excluding hydrogens is 1710 g/mol. The number of aromatic amines is 4. The van der Waals surface area contributed by atoms with E-state index in [0.29, 0.717) is 62.0 Å². The third kappa shape index (κ3) is 24.1. The number of hydrogen-bond acceptors (Lipinski definition) is 25. The summed E-state index contributed by atoms with van der Waals surface area (Å²) in [6.07, 6.45) is 23.9. The highest BCUT2D eigenvalue weighted by Crippen LogP contribution is 2.35. The van der Waals surface area contributed by atoms with E-state index in [2.05, 4.69) is 134 Å². The lowest BCUT2D eigenvalue weighted by Crippen LogP contribution is -2.36. The van der Waals surface area contributed by atoms with E-state index in [1.165, 1.54) is 16.9 Å². The zero-order valence-electron chi connectivity index (χ0n) is 76.6. The Morgan fingerprint density at radius 1 is 0.348 bits per heavy atom. The number of carbonyl (C=O) groups is 6. The molecule has 7 amide bonds. The summed E-state index contributed by atoms with van der Waals surface area (Å²) >= 11 is 0. The van der Waals surface area contributed by atoms with Crippen LogP contribution in [-0.2, 0) is 42.3 Å². The smallest absolute Gasteiger partial charge is 0.321 e. The van der Waals surface area contributed by atoms with Crippen LogP contribution in [0.1, 0.15) is 89.6 Å². The van der Waals surface area contributed by atoms with E-state index in [4.69, 9.17) is 4.74 Å². The van der Waals surface area contributed by atoms with Crippen LogP contribution in [0.5, 0.6) is 0 Å². The molecule has 1 saturated carbocycles. The maximum atomic E-state index is 13.0. The number of H-pyrrole nitrogens is 4. The van der Waals surface area contributed by atoms with Crippen LogP contribution in [0.15, 0.2) is 220 Å². The van der Waals surface area contributed by atoms with Crippen LogP contribution in [0, 0.1) is 5.92 Å². The predicted octanol–water partition coefficient (Wildman–Crippen LogP) is 13.8. The number of ether oxygens (including phenoxy) is 1. The van der Waals surface area contributed by atoms with E-state index in [-0.39, 0.29) is 47.2 Å². The summed E-state index contributed by atoms with van der Waals surface area (Å²) in [6, 6.07) is 46.0. The minimum absolute atomic E-state index is 0.0347. The number of nitrogens with one attached hydrogen (secondary N) is 10. The number of amides is 7. The van der Waals surface area contributed by atoms with Crippen molar-refractivity contribution in [3.05, 3.63) is 271 Å². The molecule has 12 aromatic heterocycles. The quantitative estimate of drug-likeness (QED) is 0.0241. The standard InChI is InChI=1S/C25H27N7O2.C25H25N7O2.C25H27N7O.C24H26N8O2/c1-31(2)16-20-5-4-19(14-27-20)28-25(33)24-22-12-17(3-6-23(22)29-30-24)18-11-21(15-26-13-18)32-7-9-34-10-8-32;1-32(2)14-19-7-6-18(13-27-19)28-25(34)23-21-10-16(5-8-22(21)30-31-23)17-9-20(12-26-11-17)29-24(33)15-3-4-15;1-31(2)16-21-6-5-20(14-27-21)28-25(33)24-22-11-18(4-7-23(22)29-30-24)19-10-17(12-26-13-19)15-32-8-3-9-32;1-31(2)14-18-7-6-17(13-26-18)27-23(33)22-20-10-15(5-8-21(20)29-30-22)16-9-19(12-25-11-16)28-24(34)32(3)4/h3-6,11-15H,7-10,16H2,1-2H3,(H,28,33)(H,29,30);5-13,15H,3-4,14H2,1-2H3,(H,28,34)(H,29,33)(H,30,31);4-7,10-14H,3,8-9,15-16H2,1-2H3,(H,28,33)(H,29,30);5-13H,14H2,1-4H3,(H,27,33)(H,28,34)(H,29,30). The molecule has 16 aromatic rings. The highest BCUT2D eigenvalue weighted by molar-refractivity contribution is 6.15. The summed E-state index contributed by atoms with van der Waals surface area (Å²) in [7, 11) is 19.2. The Kier molecular flexibility index (Phi) is 29.1. The van der Waals surface area contributed by atoms with Gasteiger partial charge in [-0.05, 0) is 238 Å². The Labute approximate surface area is 778 Å². The number of fused-ring (bicyclic) bond motifs is 4. The van der Waals surface area contributed by atoms with Crippen molar-refractivity contribution in [3.8, 4) is 44.5 Å². The first-order chi connectivity index (χ1) is 65.4. The Morgan fingerprint density at radius 3 is 1.01 bits per heavy atom. The largest absolute Gasteiger partial charge is 0.378 e. The summed E-state index contributed by atoms with van der Waals surface area (Å²) in [5.41, 5.74) is 21.4. The fraction of sp³-hybridized carbons (Fsp3) is 0.253. The molecule has 2 aliphatic heterocycles. The van der Waals surface area contributed by atoms with Crippen LogP contribution in [0.2, 0.25) is 0 Å². The van der Waals surface area contributed by atoms with Crippen LogP contribution < -0.4 is 36.8 Å². The number of rotatable bonds is 26. The van der Waals surface area contributed by atoms with Gasteiger partial charge in [0.2, 0.25) is 5.91 Å². The van der Waals surface area contributed by atoms with Crippen molar-refractivity contribution in [1.29, 1.82) is 0 Å². The molecule has 1 aliphatic carbocycles. The molecule has 0 unspecified atom stereocenters. The molecule has 3 fully saturated rings. The lowest BCUT2D eigenvalue weighted by molar-refractivity contribution is -0.117. The molecule has 4 aromatic carbocycles. The lowest BCUT2D eigenvalue weighted by atomic mass is 10.0. The summed E-state index contributed by atoms with van der Waals surface area (Å²) in [5, 5.41) is 48.9. The van der Waals surface area contributed by atoms with Gasteiger partial charge in [-0.2, -0.15) is 20.4 Å². The molecule has 14 heterocycles. The number of carbonyl (C=O) groups excluding carboxylic acids is 6. The van der Waals surface area contributed by atoms with E-state index < -0.39 is 0 Å². The van der Waals surface area contributed by atoms with Crippen molar-refractivity contribution in [1.82, 2.24) is 110 Å². The van der Waals surface area contributed by atoms with Crippen molar-refractivity contribution in [3.63, 3.8) is 0 Å². The maximum Gasteiger partial charge on any atom is 0.321 e. The van der Waals surface area contributed by atoms with E-state index in [0.717, 1.165) is 191 Å². The van der Waals surface area contributed by atoms with Crippen molar-refractivity contribution in [2.45, 2.75) is 52.0 Å². The number of hydrogen-bond donors (Lipinski definition) is 10. The molecule has 135 heavy (non-hydrogen) atoms. The van der Waals surface area contributed by atoms with Crippen LogP contribution in [0.25, 0.3) is 88.1 Å². The number of anilines is 7. The number of nitrogens with zero attached hydrogens (tertiary/aromatic N) is 19. The van der Waals surface area contributed by atoms with Crippen molar-refractivity contribution < 1.29 is 33.5 Å². The number of benzene rings is 4. The minimum Gasteiger partial charge on any atom is -0.378 e.